The monoisotopic (exact) mass is 247 g/mol. The molecule has 2 nitrogen and oxygen atoms in total. The van der Waals surface area contributed by atoms with Gasteiger partial charge in [0.05, 0.1) is 12.2 Å². The van der Waals surface area contributed by atoms with Gasteiger partial charge in [0.1, 0.15) is 0 Å². The molecule has 4 atom stereocenters. The number of benzene rings is 1. The molecule has 0 radical (unpaired) electrons. The van der Waals surface area contributed by atoms with Crippen molar-refractivity contribution >= 4 is 0 Å². The van der Waals surface area contributed by atoms with Crippen molar-refractivity contribution in [3.05, 3.63) is 35.9 Å². The highest BCUT2D eigenvalue weighted by molar-refractivity contribution is 5.17. The van der Waals surface area contributed by atoms with Gasteiger partial charge in [0.25, 0.3) is 0 Å². The molecule has 0 saturated heterocycles. The van der Waals surface area contributed by atoms with Gasteiger partial charge in [-0.05, 0) is 32.4 Å². The van der Waals surface area contributed by atoms with Crippen LogP contribution < -0.4 is 5.32 Å². The molecule has 0 amide bonds. The van der Waals surface area contributed by atoms with E-state index in [9.17, 15) is 0 Å². The second-order valence-electron chi connectivity index (χ2n) is 5.61. The van der Waals surface area contributed by atoms with Crippen LogP contribution in [-0.4, -0.2) is 19.2 Å². The van der Waals surface area contributed by atoms with Crippen molar-refractivity contribution in [2.24, 2.45) is 5.41 Å². The van der Waals surface area contributed by atoms with E-state index in [0.717, 1.165) is 12.8 Å². The zero-order chi connectivity index (χ0) is 13.2. The maximum absolute atomic E-state index is 6.27. The molecule has 0 bridgehead atoms. The van der Waals surface area contributed by atoms with Crippen molar-refractivity contribution in [1.29, 1.82) is 0 Å². The fourth-order valence-electron chi connectivity index (χ4n) is 3.00. The van der Waals surface area contributed by atoms with Gasteiger partial charge in [-0.25, -0.2) is 0 Å². The number of rotatable bonds is 5. The first-order valence-corrected chi connectivity index (χ1v) is 6.99. The first kappa shape index (κ1) is 13.6. The summed E-state index contributed by atoms with van der Waals surface area (Å²) in [7, 11) is 2.05. The second kappa shape index (κ2) is 5.41. The number of ether oxygens (including phenoxy) is 1. The van der Waals surface area contributed by atoms with Gasteiger partial charge in [-0.15, -0.1) is 0 Å². The minimum atomic E-state index is 0.180. The Morgan fingerprint density at radius 2 is 2.06 bits per heavy atom. The molecule has 0 spiro atoms. The third-order valence-corrected chi connectivity index (χ3v) is 4.73. The van der Waals surface area contributed by atoms with Crippen LogP contribution >= 0.6 is 0 Å². The van der Waals surface area contributed by atoms with Gasteiger partial charge in [0.2, 0.25) is 0 Å². The molecular weight excluding hydrogens is 222 g/mol. The van der Waals surface area contributed by atoms with Gasteiger partial charge in [0, 0.05) is 11.5 Å². The Labute approximate surface area is 111 Å². The summed E-state index contributed by atoms with van der Waals surface area (Å²) in [5.41, 5.74) is 1.54. The minimum Gasteiger partial charge on any atom is -0.370 e. The van der Waals surface area contributed by atoms with Gasteiger partial charge in [-0.3, -0.25) is 0 Å². The van der Waals surface area contributed by atoms with Gasteiger partial charge < -0.3 is 10.1 Å². The molecule has 0 aromatic heterocycles. The summed E-state index contributed by atoms with van der Waals surface area (Å²) in [6.07, 6.45) is 2.83. The normalized spacial score (nSPS) is 32.9. The summed E-state index contributed by atoms with van der Waals surface area (Å²) in [6, 6.07) is 11.1. The molecule has 1 saturated carbocycles. The van der Waals surface area contributed by atoms with Gasteiger partial charge in [0.15, 0.2) is 0 Å². The average molecular weight is 247 g/mol. The fraction of sp³-hybridized carbons (Fsp3) is 0.625. The van der Waals surface area contributed by atoms with Crippen LogP contribution in [-0.2, 0) is 4.74 Å². The van der Waals surface area contributed by atoms with E-state index >= 15 is 0 Å². The highest BCUT2D eigenvalue weighted by Crippen LogP contribution is 2.47. The summed E-state index contributed by atoms with van der Waals surface area (Å²) in [4.78, 5) is 0. The van der Waals surface area contributed by atoms with Crippen LogP contribution in [0.5, 0.6) is 0 Å². The predicted molar refractivity (Wildman–Crippen MR) is 75.6 cm³/mol. The molecule has 4 unspecified atom stereocenters. The molecule has 1 aliphatic rings. The molecule has 2 rings (SSSR count). The van der Waals surface area contributed by atoms with Crippen molar-refractivity contribution in [3.63, 3.8) is 0 Å². The summed E-state index contributed by atoms with van der Waals surface area (Å²) in [5, 5.41) is 3.41. The maximum atomic E-state index is 6.27. The highest BCUT2D eigenvalue weighted by Gasteiger charge is 2.50. The van der Waals surface area contributed by atoms with Gasteiger partial charge in [-0.2, -0.15) is 0 Å². The lowest BCUT2D eigenvalue weighted by atomic mass is 9.61. The third kappa shape index (κ3) is 2.32. The molecule has 0 heterocycles. The Kier molecular flexibility index (Phi) is 4.08. The predicted octanol–water partition coefficient (Wildman–Crippen LogP) is 3.54. The topological polar surface area (TPSA) is 21.3 Å². The van der Waals surface area contributed by atoms with E-state index in [-0.39, 0.29) is 11.5 Å². The van der Waals surface area contributed by atoms with E-state index in [1.807, 2.05) is 6.07 Å². The number of hydrogen-bond acceptors (Lipinski definition) is 2. The molecule has 100 valence electrons. The largest absolute Gasteiger partial charge is 0.370 e. The Morgan fingerprint density at radius 3 is 2.61 bits per heavy atom. The summed E-state index contributed by atoms with van der Waals surface area (Å²) in [6.45, 7) is 6.74. The SMILES string of the molecule is CCC1(C)C(NC)CC1OC(C)c1ccccc1. The van der Waals surface area contributed by atoms with E-state index in [4.69, 9.17) is 4.74 Å². The Balaban J connectivity index is 1.99. The van der Waals surface area contributed by atoms with E-state index in [0.29, 0.717) is 12.1 Å². The van der Waals surface area contributed by atoms with Crippen LogP contribution in [0.2, 0.25) is 0 Å². The Bertz CT molecular complexity index is 378. The minimum absolute atomic E-state index is 0.180. The Hall–Kier alpha value is -0.860. The molecule has 18 heavy (non-hydrogen) atoms. The summed E-state index contributed by atoms with van der Waals surface area (Å²) >= 11 is 0. The van der Waals surface area contributed by atoms with E-state index in [2.05, 4.69) is 57.4 Å². The molecular formula is C16H25NO. The molecule has 1 N–H and O–H groups in total. The van der Waals surface area contributed by atoms with Crippen molar-refractivity contribution in [2.75, 3.05) is 7.05 Å². The standard InChI is InChI=1S/C16H25NO/c1-5-16(3)14(17-4)11-15(16)18-12(2)13-9-7-6-8-10-13/h6-10,12,14-15,17H,5,11H2,1-4H3. The van der Waals surface area contributed by atoms with Crippen LogP contribution in [0.1, 0.15) is 45.3 Å². The van der Waals surface area contributed by atoms with E-state index < -0.39 is 0 Å². The van der Waals surface area contributed by atoms with Crippen LogP contribution in [0.3, 0.4) is 0 Å². The smallest absolute Gasteiger partial charge is 0.0800 e. The Morgan fingerprint density at radius 1 is 1.39 bits per heavy atom. The van der Waals surface area contributed by atoms with Gasteiger partial charge in [-0.1, -0.05) is 44.2 Å². The van der Waals surface area contributed by atoms with Crippen LogP contribution in [0.15, 0.2) is 30.3 Å². The molecule has 1 aromatic rings. The lowest BCUT2D eigenvalue weighted by Gasteiger charge is -2.54. The van der Waals surface area contributed by atoms with Crippen molar-refractivity contribution in [3.8, 4) is 0 Å². The summed E-state index contributed by atoms with van der Waals surface area (Å²) < 4.78 is 6.27. The number of hydrogen-bond donors (Lipinski definition) is 1. The van der Waals surface area contributed by atoms with Crippen LogP contribution in [0.25, 0.3) is 0 Å². The zero-order valence-corrected chi connectivity index (χ0v) is 11.9. The average Bonchev–Trinajstić information content (AvgIpc) is 2.42. The third-order valence-electron chi connectivity index (χ3n) is 4.73. The molecule has 1 aliphatic carbocycles. The number of nitrogens with one attached hydrogen (secondary N) is 1. The molecule has 1 fully saturated rings. The highest BCUT2D eigenvalue weighted by atomic mass is 16.5. The van der Waals surface area contributed by atoms with Gasteiger partial charge >= 0.3 is 0 Å². The lowest BCUT2D eigenvalue weighted by molar-refractivity contribution is -0.153. The quantitative estimate of drug-likeness (QED) is 0.859. The maximum Gasteiger partial charge on any atom is 0.0800 e. The first-order valence-electron chi connectivity index (χ1n) is 6.99. The van der Waals surface area contributed by atoms with E-state index in [1.54, 1.807) is 0 Å². The lowest BCUT2D eigenvalue weighted by Crippen LogP contribution is -2.61. The second-order valence-corrected chi connectivity index (χ2v) is 5.61. The fourth-order valence-corrected chi connectivity index (χ4v) is 3.00. The zero-order valence-electron chi connectivity index (χ0n) is 11.9. The molecule has 0 aliphatic heterocycles. The molecule has 1 aromatic carbocycles. The molecule has 2 heteroatoms. The van der Waals surface area contributed by atoms with Crippen LogP contribution in [0, 0.1) is 5.41 Å². The van der Waals surface area contributed by atoms with E-state index in [1.165, 1.54) is 5.56 Å². The summed E-state index contributed by atoms with van der Waals surface area (Å²) in [5.74, 6) is 0. The van der Waals surface area contributed by atoms with Crippen LogP contribution in [0.4, 0.5) is 0 Å². The van der Waals surface area contributed by atoms with Crippen molar-refractivity contribution < 1.29 is 4.74 Å². The van der Waals surface area contributed by atoms with Crippen molar-refractivity contribution in [2.45, 2.75) is 51.9 Å². The first-order chi connectivity index (χ1) is 8.61. The van der Waals surface area contributed by atoms with Crippen molar-refractivity contribution in [1.82, 2.24) is 5.32 Å².